The molecule has 0 aromatic heterocycles. The molecule has 4 rings (SSSR count). The van der Waals surface area contributed by atoms with Crippen LogP contribution in [0, 0.1) is 11.3 Å². The summed E-state index contributed by atoms with van der Waals surface area (Å²) in [6, 6.07) is 20.8. The summed E-state index contributed by atoms with van der Waals surface area (Å²) in [5.74, 6) is 0.750. The van der Waals surface area contributed by atoms with Crippen LogP contribution in [0.3, 0.4) is 0 Å². The summed E-state index contributed by atoms with van der Waals surface area (Å²) in [5.41, 5.74) is 4.77. The van der Waals surface area contributed by atoms with Crippen molar-refractivity contribution in [2.75, 3.05) is 0 Å². The zero-order chi connectivity index (χ0) is 19.0. The predicted octanol–water partition coefficient (Wildman–Crippen LogP) is 6.50. The molecule has 0 amide bonds. The fraction of sp³-hybridized carbons (Fsp3) is 0.269. The Morgan fingerprint density at radius 3 is 2.19 bits per heavy atom. The van der Waals surface area contributed by atoms with E-state index in [0.29, 0.717) is 12.3 Å². The minimum atomic E-state index is -0.0334. The van der Waals surface area contributed by atoms with Crippen LogP contribution in [0.15, 0.2) is 67.2 Å². The molecule has 0 saturated heterocycles. The molecule has 0 spiro atoms. The van der Waals surface area contributed by atoms with Crippen LogP contribution in [0.25, 0.3) is 16.8 Å². The largest absolute Gasteiger partial charge is 0.294 e. The Morgan fingerprint density at radius 2 is 1.56 bits per heavy atom. The van der Waals surface area contributed by atoms with Crippen LogP contribution in [0.2, 0.25) is 0 Å². The summed E-state index contributed by atoms with van der Waals surface area (Å²) in [4.78, 5) is 13.3. The molecule has 136 valence electrons. The summed E-state index contributed by atoms with van der Waals surface area (Å²) >= 11 is 0. The molecule has 3 aromatic rings. The minimum Gasteiger partial charge on any atom is -0.294 e. The van der Waals surface area contributed by atoms with E-state index in [0.717, 1.165) is 34.7 Å². The average molecular weight is 354 g/mol. The van der Waals surface area contributed by atoms with Crippen molar-refractivity contribution >= 4 is 22.6 Å². The first-order chi connectivity index (χ1) is 13.0. The number of Topliss-reactive ketones (excluding diaryl/α,β-unsaturated/α-hetero) is 1. The number of carbonyl (C=O) groups is 1. The molecule has 0 N–H and O–H groups in total. The lowest BCUT2D eigenvalue weighted by Crippen LogP contribution is -2.28. The van der Waals surface area contributed by atoms with E-state index in [1.807, 2.05) is 36.4 Å². The topological polar surface area (TPSA) is 17.1 Å². The summed E-state index contributed by atoms with van der Waals surface area (Å²) in [6.45, 7) is 8.41. The van der Waals surface area contributed by atoms with Gasteiger partial charge in [0.2, 0.25) is 0 Å². The highest BCUT2D eigenvalue weighted by Crippen LogP contribution is 2.42. The molecule has 0 unspecified atom stereocenters. The molecule has 0 heterocycles. The second kappa shape index (κ2) is 6.81. The Morgan fingerprint density at radius 1 is 0.963 bits per heavy atom. The van der Waals surface area contributed by atoms with E-state index in [-0.39, 0.29) is 11.2 Å². The average Bonchev–Trinajstić information content (AvgIpc) is 3.12. The Kier molecular flexibility index (Phi) is 4.47. The monoisotopic (exact) mass is 354 g/mol. The zero-order valence-electron chi connectivity index (χ0n) is 16.2. The lowest BCUT2D eigenvalue weighted by Gasteiger charge is -2.31. The molecule has 1 aliphatic rings. The third-order valence-corrected chi connectivity index (χ3v) is 6.25. The van der Waals surface area contributed by atoms with Crippen molar-refractivity contribution in [2.45, 2.75) is 33.1 Å². The van der Waals surface area contributed by atoms with Gasteiger partial charge in [0.05, 0.1) is 0 Å². The first-order valence-corrected chi connectivity index (χ1v) is 9.74. The third-order valence-electron chi connectivity index (χ3n) is 6.25. The standard InChI is InChI=1S/C26H26O/c1-4-18-13-14-24(23-12-8-7-11-22(18)23)25(27)17-26(2,3)21-15-19-9-5-6-10-20(19)16-21/h4-14,21H,1,15-17H2,2-3H3. The van der Waals surface area contributed by atoms with Crippen LogP contribution in [-0.4, -0.2) is 5.78 Å². The van der Waals surface area contributed by atoms with Gasteiger partial charge in [0.25, 0.3) is 0 Å². The van der Waals surface area contributed by atoms with E-state index >= 15 is 0 Å². The van der Waals surface area contributed by atoms with Crippen molar-refractivity contribution in [2.24, 2.45) is 11.3 Å². The second-order valence-electron chi connectivity index (χ2n) is 8.41. The van der Waals surface area contributed by atoms with Gasteiger partial charge in [0.15, 0.2) is 5.78 Å². The molecular formula is C26H26O. The van der Waals surface area contributed by atoms with Gasteiger partial charge in [-0.05, 0) is 51.6 Å². The SMILES string of the molecule is C=Cc1ccc(C(=O)CC(C)(C)C2Cc3ccccc3C2)c2ccccc12. The van der Waals surface area contributed by atoms with E-state index < -0.39 is 0 Å². The first kappa shape index (κ1) is 17.7. The molecule has 1 aliphatic carbocycles. The molecule has 0 saturated carbocycles. The van der Waals surface area contributed by atoms with Crippen molar-refractivity contribution in [3.05, 3.63) is 89.5 Å². The van der Waals surface area contributed by atoms with E-state index in [1.54, 1.807) is 0 Å². The summed E-state index contributed by atoms with van der Waals surface area (Å²) < 4.78 is 0. The van der Waals surface area contributed by atoms with Gasteiger partial charge in [-0.25, -0.2) is 0 Å². The molecular weight excluding hydrogens is 328 g/mol. The van der Waals surface area contributed by atoms with Crippen molar-refractivity contribution in [1.29, 1.82) is 0 Å². The molecule has 1 nitrogen and oxygen atoms in total. The molecule has 3 aromatic carbocycles. The summed E-state index contributed by atoms with van der Waals surface area (Å²) in [5, 5.41) is 2.13. The number of hydrogen-bond donors (Lipinski definition) is 0. The van der Waals surface area contributed by atoms with Crippen LogP contribution >= 0.6 is 0 Å². The Labute approximate surface area is 161 Å². The van der Waals surface area contributed by atoms with Crippen molar-refractivity contribution < 1.29 is 4.79 Å². The fourth-order valence-corrected chi connectivity index (χ4v) is 4.51. The van der Waals surface area contributed by atoms with E-state index in [1.165, 1.54) is 11.1 Å². The van der Waals surface area contributed by atoms with Crippen molar-refractivity contribution in [3.8, 4) is 0 Å². The maximum atomic E-state index is 13.3. The third kappa shape index (κ3) is 3.23. The molecule has 0 bridgehead atoms. The normalized spacial score (nSPS) is 14.3. The molecule has 0 aliphatic heterocycles. The van der Waals surface area contributed by atoms with Crippen LogP contribution in [0.1, 0.15) is 47.3 Å². The number of benzene rings is 3. The van der Waals surface area contributed by atoms with Gasteiger partial charge in [-0.2, -0.15) is 0 Å². The van der Waals surface area contributed by atoms with E-state index in [2.05, 4.69) is 50.8 Å². The predicted molar refractivity (Wildman–Crippen MR) is 114 cm³/mol. The molecule has 1 heteroatoms. The number of carbonyl (C=O) groups excluding carboxylic acids is 1. The van der Waals surface area contributed by atoms with Crippen molar-refractivity contribution in [1.82, 2.24) is 0 Å². The van der Waals surface area contributed by atoms with Gasteiger partial charge in [0, 0.05) is 12.0 Å². The maximum absolute atomic E-state index is 13.3. The number of hydrogen-bond acceptors (Lipinski definition) is 1. The van der Waals surface area contributed by atoms with Gasteiger partial charge in [0.1, 0.15) is 0 Å². The summed E-state index contributed by atoms with van der Waals surface area (Å²) in [7, 11) is 0. The Bertz CT molecular complexity index is 1000. The minimum absolute atomic E-state index is 0.0334. The van der Waals surface area contributed by atoms with Crippen LogP contribution in [0.4, 0.5) is 0 Å². The van der Waals surface area contributed by atoms with E-state index in [9.17, 15) is 4.79 Å². The van der Waals surface area contributed by atoms with E-state index in [4.69, 9.17) is 0 Å². The van der Waals surface area contributed by atoms with Gasteiger partial charge in [-0.1, -0.05) is 87.2 Å². The number of rotatable bonds is 5. The maximum Gasteiger partial charge on any atom is 0.164 e. The number of fused-ring (bicyclic) bond motifs is 2. The highest BCUT2D eigenvalue weighted by molar-refractivity contribution is 6.10. The first-order valence-electron chi connectivity index (χ1n) is 9.74. The zero-order valence-corrected chi connectivity index (χ0v) is 16.2. The summed E-state index contributed by atoms with van der Waals surface area (Å²) in [6.07, 6.45) is 4.58. The molecule has 27 heavy (non-hydrogen) atoms. The molecule has 0 atom stereocenters. The Hall–Kier alpha value is -2.67. The highest BCUT2D eigenvalue weighted by Gasteiger charge is 2.36. The van der Waals surface area contributed by atoms with Gasteiger partial charge >= 0.3 is 0 Å². The van der Waals surface area contributed by atoms with Gasteiger partial charge < -0.3 is 0 Å². The molecule has 0 fully saturated rings. The smallest absolute Gasteiger partial charge is 0.164 e. The quantitative estimate of drug-likeness (QED) is 0.478. The van der Waals surface area contributed by atoms with Crippen molar-refractivity contribution in [3.63, 3.8) is 0 Å². The lowest BCUT2D eigenvalue weighted by molar-refractivity contribution is 0.0884. The van der Waals surface area contributed by atoms with Crippen LogP contribution < -0.4 is 0 Å². The highest BCUT2D eigenvalue weighted by atomic mass is 16.1. The fourth-order valence-electron chi connectivity index (χ4n) is 4.51. The number of ketones is 1. The van der Waals surface area contributed by atoms with Crippen LogP contribution in [0.5, 0.6) is 0 Å². The van der Waals surface area contributed by atoms with Crippen LogP contribution in [-0.2, 0) is 12.8 Å². The Balaban J connectivity index is 1.61. The lowest BCUT2D eigenvalue weighted by atomic mass is 9.72. The molecule has 0 radical (unpaired) electrons. The van der Waals surface area contributed by atoms with Gasteiger partial charge in [-0.15, -0.1) is 0 Å². The van der Waals surface area contributed by atoms with Gasteiger partial charge in [-0.3, -0.25) is 4.79 Å². The second-order valence-corrected chi connectivity index (χ2v) is 8.41.